The van der Waals surface area contributed by atoms with Crippen molar-refractivity contribution in [3.05, 3.63) is 0 Å². The van der Waals surface area contributed by atoms with Gasteiger partial charge in [-0.05, 0) is 112 Å². The van der Waals surface area contributed by atoms with Crippen molar-refractivity contribution in [2.45, 2.75) is 135 Å². The van der Waals surface area contributed by atoms with Gasteiger partial charge in [0.25, 0.3) is 0 Å². The molecular weight excluding hydrogens is 464 g/mol. The summed E-state index contributed by atoms with van der Waals surface area (Å²) in [5, 5.41) is 0. The topological polar surface area (TPSA) is 46.2 Å². The first-order chi connectivity index (χ1) is 18.0. The molecular formula is C32H54O5. The van der Waals surface area contributed by atoms with Gasteiger partial charge in [0.2, 0.25) is 0 Å². The fourth-order valence-electron chi connectivity index (χ4n) is 10.0. The van der Waals surface area contributed by atoms with E-state index in [9.17, 15) is 0 Å². The van der Waals surface area contributed by atoms with E-state index in [1.807, 2.05) is 0 Å². The van der Waals surface area contributed by atoms with E-state index in [1.54, 1.807) is 0 Å². The first kappa shape index (κ1) is 27.0. The molecule has 6 rings (SSSR count). The molecule has 8 unspecified atom stereocenters. The van der Waals surface area contributed by atoms with Crippen LogP contribution in [0, 0.1) is 34.5 Å². The molecule has 0 bridgehead atoms. The maximum Gasteiger partial charge on any atom is 0.168 e. The van der Waals surface area contributed by atoms with E-state index in [2.05, 4.69) is 13.8 Å². The predicted molar refractivity (Wildman–Crippen MR) is 144 cm³/mol. The Hall–Kier alpha value is -0.200. The molecule has 212 valence electrons. The van der Waals surface area contributed by atoms with Gasteiger partial charge in [-0.15, -0.1) is 0 Å². The lowest BCUT2D eigenvalue weighted by molar-refractivity contribution is -0.230. The Kier molecular flexibility index (Phi) is 8.28. The Morgan fingerprint density at radius 1 is 0.676 bits per heavy atom. The number of hydrogen-bond acceptors (Lipinski definition) is 5. The molecule has 37 heavy (non-hydrogen) atoms. The van der Waals surface area contributed by atoms with Gasteiger partial charge in [-0.3, -0.25) is 0 Å². The number of unbranched alkanes of at least 4 members (excludes halogenated alkanes) is 3. The lowest BCUT2D eigenvalue weighted by atomic mass is 9.45. The Bertz CT molecular complexity index is 745. The SMILES string of the molecule is CC12CCC3(CC1CCC1C2CCC2(C)C(OCCCCCCOC4CCCCO4)CCC12)OCCO3. The minimum absolute atomic E-state index is 0.0611. The third-order valence-electron chi connectivity index (χ3n) is 12.2. The van der Waals surface area contributed by atoms with E-state index in [-0.39, 0.29) is 12.1 Å². The summed E-state index contributed by atoms with van der Waals surface area (Å²) in [4.78, 5) is 0. The number of ether oxygens (including phenoxy) is 5. The summed E-state index contributed by atoms with van der Waals surface area (Å²) in [7, 11) is 0. The lowest BCUT2D eigenvalue weighted by Crippen LogP contribution is -2.56. The molecule has 2 heterocycles. The quantitative estimate of drug-likeness (QED) is 0.301. The van der Waals surface area contributed by atoms with Gasteiger partial charge < -0.3 is 23.7 Å². The van der Waals surface area contributed by atoms with Crippen LogP contribution >= 0.6 is 0 Å². The van der Waals surface area contributed by atoms with Crippen molar-refractivity contribution >= 4 is 0 Å². The molecule has 4 aliphatic carbocycles. The smallest absolute Gasteiger partial charge is 0.168 e. The highest BCUT2D eigenvalue weighted by Crippen LogP contribution is 2.67. The zero-order valence-electron chi connectivity index (χ0n) is 23.9. The summed E-state index contributed by atoms with van der Waals surface area (Å²) in [6, 6.07) is 0. The molecule has 5 nitrogen and oxygen atoms in total. The van der Waals surface area contributed by atoms with Crippen LogP contribution in [0.3, 0.4) is 0 Å². The van der Waals surface area contributed by atoms with Crippen molar-refractivity contribution in [1.82, 2.24) is 0 Å². The maximum absolute atomic E-state index is 6.67. The highest BCUT2D eigenvalue weighted by Gasteiger charge is 2.62. The molecule has 1 spiro atoms. The van der Waals surface area contributed by atoms with Crippen molar-refractivity contribution in [3.8, 4) is 0 Å². The lowest BCUT2D eigenvalue weighted by Gasteiger charge is -2.61. The first-order valence-electron chi connectivity index (χ1n) is 16.2. The van der Waals surface area contributed by atoms with Crippen LogP contribution in [-0.2, 0) is 23.7 Å². The normalized spacial score (nSPS) is 44.9. The van der Waals surface area contributed by atoms with E-state index in [4.69, 9.17) is 23.7 Å². The monoisotopic (exact) mass is 518 g/mol. The number of hydrogen-bond donors (Lipinski definition) is 0. The third-order valence-corrected chi connectivity index (χ3v) is 12.2. The van der Waals surface area contributed by atoms with Crippen LogP contribution in [0.15, 0.2) is 0 Å². The summed E-state index contributed by atoms with van der Waals surface area (Å²) in [5.41, 5.74) is 0.877. The largest absolute Gasteiger partial charge is 0.378 e. The van der Waals surface area contributed by atoms with Crippen LogP contribution < -0.4 is 0 Å². The minimum Gasteiger partial charge on any atom is -0.378 e. The summed E-state index contributed by atoms with van der Waals surface area (Å²) < 4.78 is 30.5. The Labute approximate surface area is 226 Å². The Morgan fingerprint density at radius 3 is 2.24 bits per heavy atom. The average Bonchev–Trinajstić information content (AvgIpc) is 3.51. The summed E-state index contributed by atoms with van der Waals surface area (Å²) in [6.07, 6.45) is 20.6. The molecule has 4 saturated carbocycles. The molecule has 2 saturated heterocycles. The Balaban J connectivity index is 0.944. The maximum atomic E-state index is 6.67. The van der Waals surface area contributed by atoms with Crippen molar-refractivity contribution < 1.29 is 23.7 Å². The van der Waals surface area contributed by atoms with Gasteiger partial charge in [0.05, 0.1) is 19.3 Å². The molecule has 2 aliphatic heterocycles. The van der Waals surface area contributed by atoms with Crippen LogP contribution in [0.2, 0.25) is 0 Å². The van der Waals surface area contributed by atoms with Gasteiger partial charge in [0.1, 0.15) is 0 Å². The highest BCUT2D eigenvalue weighted by atomic mass is 16.7. The van der Waals surface area contributed by atoms with Gasteiger partial charge in [-0.2, -0.15) is 0 Å². The molecule has 0 N–H and O–H groups in total. The number of rotatable bonds is 9. The van der Waals surface area contributed by atoms with Gasteiger partial charge in [-0.1, -0.05) is 26.7 Å². The van der Waals surface area contributed by atoms with Crippen LogP contribution in [0.5, 0.6) is 0 Å². The van der Waals surface area contributed by atoms with E-state index in [1.165, 1.54) is 77.0 Å². The summed E-state index contributed by atoms with van der Waals surface area (Å²) in [5.74, 6) is 3.20. The molecule has 0 amide bonds. The fraction of sp³-hybridized carbons (Fsp3) is 1.00. The zero-order chi connectivity index (χ0) is 25.3. The summed E-state index contributed by atoms with van der Waals surface area (Å²) in [6.45, 7) is 9.49. The Morgan fingerprint density at radius 2 is 1.46 bits per heavy atom. The van der Waals surface area contributed by atoms with Gasteiger partial charge in [0.15, 0.2) is 12.1 Å². The molecule has 6 aliphatic rings. The third kappa shape index (κ3) is 5.31. The van der Waals surface area contributed by atoms with Gasteiger partial charge in [-0.25, -0.2) is 0 Å². The van der Waals surface area contributed by atoms with Crippen molar-refractivity contribution in [2.24, 2.45) is 34.5 Å². The fourth-order valence-corrected chi connectivity index (χ4v) is 10.0. The van der Waals surface area contributed by atoms with Crippen LogP contribution in [-0.4, -0.2) is 51.2 Å². The molecule has 0 aromatic heterocycles. The molecule has 6 fully saturated rings. The second kappa shape index (κ2) is 11.4. The van der Waals surface area contributed by atoms with E-state index < -0.39 is 0 Å². The zero-order valence-corrected chi connectivity index (χ0v) is 23.9. The average molecular weight is 519 g/mol. The van der Waals surface area contributed by atoms with Crippen molar-refractivity contribution in [2.75, 3.05) is 33.0 Å². The van der Waals surface area contributed by atoms with E-state index in [0.29, 0.717) is 16.9 Å². The first-order valence-corrected chi connectivity index (χ1v) is 16.2. The van der Waals surface area contributed by atoms with Crippen LogP contribution in [0.25, 0.3) is 0 Å². The molecule has 0 aromatic carbocycles. The summed E-state index contributed by atoms with van der Waals surface area (Å²) >= 11 is 0. The van der Waals surface area contributed by atoms with E-state index >= 15 is 0 Å². The standard InChI is InChI=1S/C32H54O5/c1-30-16-17-32(36-21-22-37-32)23-24(30)10-11-25-26-12-13-28(31(26,2)15-14-27(25)30)33-18-6-3-4-7-19-34-29-9-5-8-20-35-29/h24-29H,3-23H2,1-2H3. The molecule has 5 heteroatoms. The van der Waals surface area contributed by atoms with Crippen molar-refractivity contribution in [3.63, 3.8) is 0 Å². The highest BCUT2D eigenvalue weighted by molar-refractivity contribution is 5.10. The van der Waals surface area contributed by atoms with Gasteiger partial charge >= 0.3 is 0 Å². The van der Waals surface area contributed by atoms with Crippen molar-refractivity contribution in [1.29, 1.82) is 0 Å². The second-order valence-electron chi connectivity index (χ2n) is 14.0. The minimum atomic E-state index is -0.233. The van der Waals surface area contributed by atoms with Crippen LogP contribution in [0.1, 0.15) is 117 Å². The second-order valence-corrected chi connectivity index (χ2v) is 14.0. The number of fused-ring (bicyclic) bond motifs is 5. The molecule has 0 aromatic rings. The molecule has 8 atom stereocenters. The predicted octanol–water partition coefficient (Wildman–Crippen LogP) is 7.26. The van der Waals surface area contributed by atoms with E-state index in [0.717, 1.165) is 82.4 Å². The van der Waals surface area contributed by atoms with Crippen LogP contribution in [0.4, 0.5) is 0 Å². The molecule has 0 radical (unpaired) electrons. The van der Waals surface area contributed by atoms with Gasteiger partial charge in [0, 0.05) is 32.7 Å².